The Morgan fingerprint density at radius 1 is 1.75 bits per heavy atom. The second kappa shape index (κ2) is 8.82. The zero-order valence-corrected chi connectivity index (χ0v) is 6.53. The van der Waals surface area contributed by atoms with E-state index >= 15 is 0 Å². The van der Waals surface area contributed by atoms with E-state index in [-0.39, 0.29) is 44.8 Å². The van der Waals surface area contributed by atoms with Crippen molar-refractivity contribution < 1.29 is 33.7 Å². The fourth-order valence-electron chi connectivity index (χ4n) is 0. The average molecular weight is 133 g/mol. The summed E-state index contributed by atoms with van der Waals surface area (Å²) >= 11 is -0.375. The third-order valence-corrected chi connectivity index (χ3v) is 0. The monoisotopic (exact) mass is 134 g/mol. The van der Waals surface area contributed by atoms with Crippen LogP contribution in [0.15, 0.2) is 0 Å². The summed E-state index contributed by atoms with van der Waals surface area (Å²) in [5.41, 5.74) is 0. The van der Waals surface area contributed by atoms with E-state index < -0.39 is 0 Å². The molecule has 0 aliphatic heterocycles. The maximum atomic E-state index is 8.99. The summed E-state index contributed by atoms with van der Waals surface area (Å²) in [6, 6.07) is 0. The van der Waals surface area contributed by atoms with Crippen LogP contribution in [0.3, 0.4) is 0 Å². The van der Waals surface area contributed by atoms with Crippen molar-refractivity contribution in [2.24, 2.45) is 0 Å². The van der Waals surface area contributed by atoms with Crippen LogP contribution in [-0.4, -0.2) is 15.3 Å². The molecule has 0 radical (unpaired) electrons. The van der Waals surface area contributed by atoms with Crippen LogP contribution in [0.5, 0.6) is 0 Å². The van der Waals surface area contributed by atoms with Crippen molar-refractivity contribution in [2.45, 2.75) is 5.82 Å². The van der Waals surface area contributed by atoms with Crippen LogP contribution < -0.4 is 33.7 Å². The van der Waals surface area contributed by atoms with E-state index in [1.54, 1.807) is 5.82 Å². The summed E-state index contributed by atoms with van der Waals surface area (Å²) in [7, 11) is 0. The van der Waals surface area contributed by atoms with E-state index in [0.717, 1.165) is 0 Å². The van der Waals surface area contributed by atoms with Crippen molar-refractivity contribution in [1.29, 1.82) is 0 Å². The van der Waals surface area contributed by atoms with Crippen molar-refractivity contribution in [3.63, 3.8) is 0 Å². The van der Waals surface area contributed by atoms with Gasteiger partial charge in [-0.2, -0.15) is 0 Å². The Balaban J connectivity index is 0. The molecule has 0 aromatic carbocycles. The van der Waals surface area contributed by atoms with Gasteiger partial charge in [0.15, 0.2) is 0 Å². The van der Waals surface area contributed by atoms with Crippen LogP contribution in [0.1, 0.15) is 0 Å². The second-order valence-electron chi connectivity index (χ2n) is 0.167. The predicted molar refractivity (Wildman–Crippen MR) is 11.6 cm³/mol. The molecular formula is CH3NaOSe. The summed E-state index contributed by atoms with van der Waals surface area (Å²) in [6.45, 7) is 0. The topological polar surface area (TPSA) is 23.1 Å². The van der Waals surface area contributed by atoms with Crippen LogP contribution in [0, 0.1) is 0 Å². The van der Waals surface area contributed by atoms with Gasteiger partial charge in [0, 0.05) is 0 Å². The van der Waals surface area contributed by atoms with E-state index in [1.165, 1.54) is 0 Å². The maximum Gasteiger partial charge on any atom is 1.00 e. The molecule has 0 fully saturated rings. The van der Waals surface area contributed by atoms with Gasteiger partial charge in [0.05, 0.1) is 0 Å². The van der Waals surface area contributed by atoms with Crippen LogP contribution >= 0.6 is 0 Å². The Kier molecular flexibility index (Phi) is 20.0. The summed E-state index contributed by atoms with van der Waals surface area (Å²) in [5, 5.41) is 0. The van der Waals surface area contributed by atoms with Crippen LogP contribution in [0.4, 0.5) is 0 Å². The fourth-order valence-corrected chi connectivity index (χ4v) is 0. The number of rotatable bonds is 0. The normalized spacial score (nSPS) is 4.50. The molecule has 0 aliphatic rings. The maximum absolute atomic E-state index is 8.99. The molecule has 0 unspecified atom stereocenters. The van der Waals surface area contributed by atoms with Crippen molar-refractivity contribution in [1.82, 2.24) is 0 Å². The Morgan fingerprint density at radius 2 is 1.75 bits per heavy atom. The Hall–Kier alpha value is 1.48. The molecule has 0 bridgehead atoms. The van der Waals surface area contributed by atoms with Gasteiger partial charge in [0.1, 0.15) is 0 Å². The van der Waals surface area contributed by atoms with Crippen molar-refractivity contribution >= 4 is 15.3 Å². The van der Waals surface area contributed by atoms with Crippen molar-refractivity contribution in [2.75, 3.05) is 0 Å². The second-order valence-corrected chi connectivity index (χ2v) is 0.866. The standard InChI is InChI=1S/CH4OSe.Na/c1-3-2;/h2H,1H3;/q;+1/p-1. The molecule has 0 saturated carbocycles. The van der Waals surface area contributed by atoms with Crippen LogP contribution in [0.25, 0.3) is 0 Å². The number of hydrogen-bond donors (Lipinski definition) is 0. The molecule has 0 heterocycles. The first-order valence-electron chi connectivity index (χ1n) is 0.575. The molecule has 0 aromatic rings. The van der Waals surface area contributed by atoms with Crippen LogP contribution in [0.2, 0.25) is 5.82 Å². The number of hydrogen-bond acceptors (Lipinski definition) is 1. The van der Waals surface area contributed by atoms with Gasteiger partial charge in [-0.1, -0.05) is 0 Å². The van der Waals surface area contributed by atoms with Gasteiger partial charge in [-0.3, -0.25) is 0 Å². The van der Waals surface area contributed by atoms with Gasteiger partial charge >= 0.3 is 54.9 Å². The summed E-state index contributed by atoms with van der Waals surface area (Å²) in [5.74, 6) is 1.63. The van der Waals surface area contributed by atoms with E-state index in [1.807, 2.05) is 0 Å². The van der Waals surface area contributed by atoms with Gasteiger partial charge in [0.25, 0.3) is 0 Å². The molecule has 0 rings (SSSR count). The third kappa shape index (κ3) is 9.77. The molecular weight excluding hydrogens is 130 g/mol. The van der Waals surface area contributed by atoms with E-state index in [9.17, 15) is 0 Å². The molecule has 0 saturated heterocycles. The summed E-state index contributed by atoms with van der Waals surface area (Å²) < 4.78 is 8.99. The Bertz CT molecular complexity index is 8.00. The van der Waals surface area contributed by atoms with E-state index in [4.69, 9.17) is 4.19 Å². The van der Waals surface area contributed by atoms with Gasteiger partial charge < -0.3 is 0 Å². The first kappa shape index (κ1) is 9.08. The molecule has 0 spiro atoms. The van der Waals surface area contributed by atoms with Gasteiger partial charge in [-0.05, 0) is 0 Å². The average Bonchev–Trinajstić information content (AvgIpc) is 0.918. The molecule has 4 heavy (non-hydrogen) atoms. The Morgan fingerprint density at radius 3 is 1.75 bits per heavy atom. The third-order valence-electron chi connectivity index (χ3n) is 0. The van der Waals surface area contributed by atoms with Crippen molar-refractivity contribution in [3.05, 3.63) is 0 Å². The van der Waals surface area contributed by atoms with E-state index in [2.05, 4.69) is 0 Å². The van der Waals surface area contributed by atoms with Crippen LogP contribution in [-0.2, 0) is 0 Å². The SMILES string of the molecule is C[Se][O-].[Na+]. The first-order valence-corrected chi connectivity index (χ1v) is 2.99. The fraction of sp³-hybridized carbons (Fsp3) is 1.00. The predicted octanol–water partition coefficient (Wildman–Crippen LogP) is -3.98. The molecule has 1 nitrogen and oxygen atoms in total. The summed E-state index contributed by atoms with van der Waals surface area (Å²) in [4.78, 5) is 0. The minimum absolute atomic E-state index is 0. The van der Waals surface area contributed by atoms with Gasteiger partial charge in [-0.15, -0.1) is 0 Å². The van der Waals surface area contributed by atoms with Crippen molar-refractivity contribution in [3.8, 4) is 0 Å². The Labute approximate surface area is 54.6 Å². The largest absolute Gasteiger partial charge is 1.00 e. The minimum Gasteiger partial charge on any atom is 1.00 e. The quantitative estimate of drug-likeness (QED) is 0.309. The zero-order valence-electron chi connectivity index (χ0n) is 2.82. The smallest absolute Gasteiger partial charge is 1.00 e. The minimum atomic E-state index is -0.375. The molecule has 0 amide bonds. The van der Waals surface area contributed by atoms with E-state index in [0.29, 0.717) is 0 Å². The molecule has 0 N–H and O–H groups in total. The zero-order chi connectivity index (χ0) is 2.71. The molecule has 0 aliphatic carbocycles. The van der Waals surface area contributed by atoms with Gasteiger partial charge in [-0.25, -0.2) is 0 Å². The molecule has 20 valence electrons. The first-order chi connectivity index (χ1) is 1.41. The summed E-state index contributed by atoms with van der Waals surface area (Å²) in [6.07, 6.45) is 0. The molecule has 0 aromatic heterocycles. The van der Waals surface area contributed by atoms with Gasteiger partial charge in [0.2, 0.25) is 0 Å². The molecule has 0 atom stereocenters. The molecule has 3 heteroatoms.